The van der Waals surface area contributed by atoms with Gasteiger partial charge in [-0.1, -0.05) is 6.92 Å². The molecule has 0 aromatic rings. The molecule has 1 fully saturated rings. The highest BCUT2D eigenvalue weighted by molar-refractivity contribution is 5.75. The topological polar surface area (TPSA) is 38.3 Å². The van der Waals surface area contributed by atoms with E-state index in [1.165, 1.54) is 6.42 Å². The maximum atomic E-state index is 11.6. The standard InChI is InChI=1S/C12H23NO2/c1-8-6-10(8)7-13-9(2)11(14)15-12(3,4)5/h8-10,13H,6-7H2,1-5H3. The summed E-state index contributed by atoms with van der Waals surface area (Å²) in [7, 11) is 0. The molecule has 3 atom stereocenters. The summed E-state index contributed by atoms with van der Waals surface area (Å²) in [5, 5.41) is 3.22. The second kappa shape index (κ2) is 4.52. The van der Waals surface area contributed by atoms with E-state index in [1.807, 2.05) is 27.7 Å². The van der Waals surface area contributed by atoms with Gasteiger partial charge in [0.15, 0.2) is 0 Å². The molecule has 0 bridgehead atoms. The highest BCUT2D eigenvalue weighted by Crippen LogP contribution is 2.36. The Hall–Kier alpha value is -0.570. The van der Waals surface area contributed by atoms with Gasteiger partial charge < -0.3 is 10.1 Å². The summed E-state index contributed by atoms with van der Waals surface area (Å²) < 4.78 is 5.28. The quantitative estimate of drug-likeness (QED) is 0.725. The van der Waals surface area contributed by atoms with Crippen LogP contribution >= 0.6 is 0 Å². The minimum absolute atomic E-state index is 0.157. The normalized spacial score (nSPS) is 27.3. The maximum absolute atomic E-state index is 11.6. The summed E-state index contributed by atoms with van der Waals surface area (Å²) >= 11 is 0. The molecular formula is C12H23NO2. The molecule has 3 heteroatoms. The van der Waals surface area contributed by atoms with E-state index in [4.69, 9.17) is 4.74 Å². The largest absolute Gasteiger partial charge is 0.459 e. The van der Waals surface area contributed by atoms with Crippen LogP contribution in [0.5, 0.6) is 0 Å². The van der Waals surface area contributed by atoms with E-state index in [9.17, 15) is 4.79 Å². The lowest BCUT2D eigenvalue weighted by Crippen LogP contribution is -2.40. The minimum Gasteiger partial charge on any atom is -0.459 e. The molecule has 0 radical (unpaired) electrons. The molecule has 0 aromatic carbocycles. The third kappa shape index (κ3) is 4.65. The Morgan fingerprint density at radius 1 is 1.53 bits per heavy atom. The summed E-state index contributed by atoms with van der Waals surface area (Å²) in [6, 6.07) is -0.197. The number of rotatable bonds is 4. The zero-order valence-corrected chi connectivity index (χ0v) is 10.5. The SMILES string of the molecule is CC(NCC1CC1C)C(=O)OC(C)(C)C. The van der Waals surface area contributed by atoms with Crippen molar-refractivity contribution in [2.24, 2.45) is 11.8 Å². The number of esters is 1. The lowest BCUT2D eigenvalue weighted by Gasteiger charge is -2.22. The fourth-order valence-electron chi connectivity index (χ4n) is 1.49. The molecule has 0 spiro atoms. The van der Waals surface area contributed by atoms with Crippen LogP contribution < -0.4 is 5.32 Å². The Labute approximate surface area is 92.6 Å². The van der Waals surface area contributed by atoms with Gasteiger partial charge in [0.05, 0.1) is 0 Å². The van der Waals surface area contributed by atoms with E-state index in [-0.39, 0.29) is 17.6 Å². The third-order valence-electron chi connectivity index (χ3n) is 2.72. The number of hydrogen-bond donors (Lipinski definition) is 1. The van der Waals surface area contributed by atoms with Crippen molar-refractivity contribution in [3.63, 3.8) is 0 Å². The second-order valence-electron chi connectivity index (χ2n) is 5.64. The lowest BCUT2D eigenvalue weighted by molar-refractivity contribution is -0.156. The summed E-state index contributed by atoms with van der Waals surface area (Å²) in [6.07, 6.45) is 1.29. The molecule has 0 amide bonds. The van der Waals surface area contributed by atoms with Crippen LogP contribution in [-0.2, 0) is 9.53 Å². The monoisotopic (exact) mass is 213 g/mol. The fraction of sp³-hybridized carbons (Fsp3) is 0.917. The molecule has 0 heterocycles. The Balaban J connectivity index is 2.21. The third-order valence-corrected chi connectivity index (χ3v) is 2.72. The van der Waals surface area contributed by atoms with Crippen molar-refractivity contribution in [2.75, 3.05) is 6.54 Å². The minimum atomic E-state index is -0.389. The molecule has 3 nitrogen and oxygen atoms in total. The molecule has 1 aliphatic carbocycles. The molecule has 0 aromatic heterocycles. The van der Waals surface area contributed by atoms with Crippen molar-refractivity contribution in [2.45, 2.75) is 52.7 Å². The van der Waals surface area contributed by atoms with Gasteiger partial charge in [-0.3, -0.25) is 4.79 Å². The van der Waals surface area contributed by atoms with Gasteiger partial charge in [0.1, 0.15) is 11.6 Å². The number of carbonyl (C=O) groups is 1. The van der Waals surface area contributed by atoms with E-state index in [0.29, 0.717) is 0 Å². The van der Waals surface area contributed by atoms with Gasteiger partial charge in [0, 0.05) is 0 Å². The lowest BCUT2D eigenvalue weighted by atomic mass is 10.2. The maximum Gasteiger partial charge on any atom is 0.323 e. The van der Waals surface area contributed by atoms with E-state index < -0.39 is 0 Å². The van der Waals surface area contributed by atoms with Gasteiger partial charge in [0.25, 0.3) is 0 Å². The van der Waals surface area contributed by atoms with Crippen molar-refractivity contribution in [3.8, 4) is 0 Å². The fourth-order valence-corrected chi connectivity index (χ4v) is 1.49. The first kappa shape index (κ1) is 12.5. The van der Waals surface area contributed by atoms with Gasteiger partial charge in [-0.25, -0.2) is 0 Å². The highest BCUT2D eigenvalue weighted by atomic mass is 16.6. The van der Waals surface area contributed by atoms with Gasteiger partial charge in [-0.2, -0.15) is 0 Å². The average Bonchev–Trinajstić information content (AvgIpc) is 2.74. The van der Waals surface area contributed by atoms with E-state index >= 15 is 0 Å². The average molecular weight is 213 g/mol. The summed E-state index contributed by atoms with van der Waals surface area (Å²) in [5.41, 5.74) is -0.389. The van der Waals surface area contributed by atoms with Crippen molar-refractivity contribution < 1.29 is 9.53 Å². The van der Waals surface area contributed by atoms with Crippen molar-refractivity contribution in [1.29, 1.82) is 0 Å². The Kier molecular flexibility index (Phi) is 3.77. The smallest absolute Gasteiger partial charge is 0.323 e. The summed E-state index contributed by atoms with van der Waals surface area (Å²) in [5.74, 6) is 1.43. The van der Waals surface area contributed by atoms with Crippen LogP contribution in [0.4, 0.5) is 0 Å². The van der Waals surface area contributed by atoms with Crippen LogP contribution in [0, 0.1) is 11.8 Å². The highest BCUT2D eigenvalue weighted by Gasteiger charge is 2.33. The molecule has 88 valence electrons. The van der Waals surface area contributed by atoms with Crippen molar-refractivity contribution >= 4 is 5.97 Å². The second-order valence-corrected chi connectivity index (χ2v) is 5.64. The zero-order chi connectivity index (χ0) is 11.6. The first-order chi connectivity index (χ1) is 6.79. The van der Waals surface area contributed by atoms with Gasteiger partial charge >= 0.3 is 5.97 Å². The zero-order valence-electron chi connectivity index (χ0n) is 10.5. The molecule has 1 rings (SSSR count). The van der Waals surface area contributed by atoms with Crippen molar-refractivity contribution in [3.05, 3.63) is 0 Å². The molecule has 1 saturated carbocycles. The molecule has 1 N–H and O–H groups in total. The van der Waals surface area contributed by atoms with Crippen LogP contribution in [0.15, 0.2) is 0 Å². The predicted molar refractivity (Wildman–Crippen MR) is 60.6 cm³/mol. The van der Waals surface area contributed by atoms with E-state index in [0.717, 1.165) is 18.4 Å². The Bertz CT molecular complexity index is 232. The Morgan fingerprint density at radius 3 is 2.47 bits per heavy atom. The molecule has 0 saturated heterocycles. The number of ether oxygens (including phenoxy) is 1. The Morgan fingerprint density at radius 2 is 2.07 bits per heavy atom. The molecule has 0 aliphatic heterocycles. The van der Waals surface area contributed by atoms with Crippen LogP contribution in [0.2, 0.25) is 0 Å². The van der Waals surface area contributed by atoms with E-state index in [1.54, 1.807) is 0 Å². The number of hydrogen-bond acceptors (Lipinski definition) is 3. The van der Waals surface area contributed by atoms with Crippen LogP contribution in [0.3, 0.4) is 0 Å². The predicted octanol–water partition coefficient (Wildman–Crippen LogP) is 1.96. The van der Waals surface area contributed by atoms with Crippen LogP contribution in [0.25, 0.3) is 0 Å². The molecule has 1 aliphatic rings. The first-order valence-electron chi connectivity index (χ1n) is 5.76. The molecular weight excluding hydrogens is 190 g/mol. The summed E-state index contributed by atoms with van der Waals surface area (Å²) in [4.78, 5) is 11.6. The van der Waals surface area contributed by atoms with Crippen LogP contribution in [-0.4, -0.2) is 24.2 Å². The van der Waals surface area contributed by atoms with E-state index in [2.05, 4.69) is 12.2 Å². The number of carbonyl (C=O) groups excluding carboxylic acids is 1. The van der Waals surface area contributed by atoms with Gasteiger partial charge in [-0.15, -0.1) is 0 Å². The van der Waals surface area contributed by atoms with Gasteiger partial charge in [-0.05, 0) is 52.5 Å². The first-order valence-corrected chi connectivity index (χ1v) is 5.76. The van der Waals surface area contributed by atoms with Gasteiger partial charge in [0.2, 0.25) is 0 Å². The van der Waals surface area contributed by atoms with Crippen molar-refractivity contribution in [1.82, 2.24) is 5.32 Å². The van der Waals surface area contributed by atoms with Crippen LogP contribution in [0.1, 0.15) is 41.0 Å². The number of nitrogens with one attached hydrogen (secondary N) is 1. The molecule has 15 heavy (non-hydrogen) atoms. The molecule has 3 unspecified atom stereocenters. The summed E-state index contributed by atoms with van der Waals surface area (Å²) in [6.45, 7) is 10.7.